The van der Waals surface area contributed by atoms with Crippen molar-refractivity contribution in [1.82, 2.24) is 19.8 Å². The highest BCUT2D eigenvalue weighted by atomic mass is 15.2. The number of hydrogen-bond acceptors (Lipinski definition) is 4. The van der Waals surface area contributed by atoms with Gasteiger partial charge in [-0.15, -0.1) is 6.42 Å². The Morgan fingerprint density at radius 3 is 2.14 bits per heavy atom. The van der Waals surface area contributed by atoms with E-state index >= 15 is 0 Å². The van der Waals surface area contributed by atoms with Gasteiger partial charge in [0.25, 0.3) is 0 Å². The maximum Gasteiger partial charge on any atom is 0.0602 e. The summed E-state index contributed by atoms with van der Waals surface area (Å²) in [6.45, 7) is 4.10. The fourth-order valence-corrected chi connectivity index (χ4v) is 2.22. The molecular weight excluding hydrogens is 272 g/mol. The summed E-state index contributed by atoms with van der Waals surface area (Å²) in [5.74, 6) is 2.73. The van der Waals surface area contributed by atoms with Crippen molar-refractivity contribution in [2.24, 2.45) is 0 Å². The monoisotopic (exact) mass is 294 g/mol. The van der Waals surface area contributed by atoms with Crippen LogP contribution in [-0.2, 0) is 13.1 Å². The summed E-state index contributed by atoms with van der Waals surface area (Å²) in [5.41, 5.74) is 2.13. The highest BCUT2D eigenvalue weighted by Crippen LogP contribution is 2.03. The molecule has 114 valence electrons. The Hall–Kier alpha value is -2.22. The largest absolute Gasteiger partial charge is 0.299 e. The molecule has 2 aromatic rings. The predicted molar refractivity (Wildman–Crippen MR) is 88.9 cm³/mol. The zero-order valence-corrected chi connectivity index (χ0v) is 13.0. The second-order valence-corrected chi connectivity index (χ2v) is 5.29. The number of pyridine rings is 2. The van der Waals surface area contributed by atoms with Crippen molar-refractivity contribution in [3.05, 3.63) is 60.2 Å². The SMILES string of the molecule is C#CCN(CCN(C)Cc1ccccn1)Cc1ccccn1. The molecule has 0 fully saturated rings. The average Bonchev–Trinajstić information content (AvgIpc) is 2.55. The molecule has 0 radical (unpaired) electrons. The standard InChI is InChI=1S/C18H22N4/c1-3-12-22(16-18-9-5-7-11-20-18)14-13-21(2)15-17-8-4-6-10-19-17/h1,4-11H,12-16H2,2H3. The molecule has 2 rings (SSSR count). The third kappa shape index (κ3) is 5.65. The minimum Gasteiger partial charge on any atom is -0.299 e. The third-order valence-electron chi connectivity index (χ3n) is 3.38. The third-order valence-corrected chi connectivity index (χ3v) is 3.38. The number of hydrogen-bond donors (Lipinski definition) is 0. The van der Waals surface area contributed by atoms with E-state index < -0.39 is 0 Å². The maximum atomic E-state index is 5.48. The van der Waals surface area contributed by atoms with Crippen LogP contribution < -0.4 is 0 Å². The summed E-state index contributed by atoms with van der Waals surface area (Å²) >= 11 is 0. The Bertz CT molecular complexity index is 577. The molecule has 0 saturated carbocycles. The topological polar surface area (TPSA) is 32.3 Å². The minimum atomic E-state index is 0.633. The van der Waals surface area contributed by atoms with Gasteiger partial charge in [-0.2, -0.15) is 0 Å². The van der Waals surface area contributed by atoms with Gasteiger partial charge in [-0.25, -0.2) is 0 Å². The fourth-order valence-electron chi connectivity index (χ4n) is 2.22. The normalized spacial score (nSPS) is 10.8. The lowest BCUT2D eigenvalue weighted by molar-refractivity contribution is 0.230. The Morgan fingerprint density at radius 1 is 0.955 bits per heavy atom. The van der Waals surface area contributed by atoms with Gasteiger partial charge in [-0.05, 0) is 31.3 Å². The van der Waals surface area contributed by atoms with Gasteiger partial charge in [0.15, 0.2) is 0 Å². The highest BCUT2D eigenvalue weighted by molar-refractivity contribution is 5.04. The van der Waals surface area contributed by atoms with E-state index in [4.69, 9.17) is 6.42 Å². The van der Waals surface area contributed by atoms with E-state index in [0.29, 0.717) is 6.54 Å². The van der Waals surface area contributed by atoms with Crippen molar-refractivity contribution in [2.75, 3.05) is 26.7 Å². The lowest BCUT2D eigenvalue weighted by Gasteiger charge is -2.23. The quantitative estimate of drug-likeness (QED) is 0.698. The van der Waals surface area contributed by atoms with Crippen molar-refractivity contribution >= 4 is 0 Å². The lowest BCUT2D eigenvalue weighted by Crippen LogP contribution is -2.33. The molecule has 2 aromatic heterocycles. The summed E-state index contributed by atoms with van der Waals surface area (Å²) in [5, 5.41) is 0. The highest BCUT2D eigenvalue weighted by Gasteiger charge is 2.08. The van der Waals surface area contributed by atoms with Crippen LogP contribution >= 0.6 is 0 Å². The molecule has 22 heavy (non-hydrogen) atoms. The van der Waals surface area contributed by atoms with Crippen molar-refractivity contribution in [3.63, 3.8) is 0 Å². The number of terminal acetylenes is 1. The van der Waals surface area contributed by atoms with Crippen LogP contribution in [0.5, 0.6) is 0 Å². The Kier molecular flexibility index (Phi) is 6.56. The van der Waals surface area contributed by atoms with Gasteiger partial charge in [-0.3, -0.25) is 19.8 Å². The van der Waals surface area contributed by atoms with Crippen molar-refractivity contribution in [2.45, 2.75) is 13.1 Å². The number of likely N-dealkylation sites (N-methyl/N-ethyl adjacent to an activating group) is 1. The zero-order chi connectivity index (χ0) is 15.6. The van der Waals surface area contributed by atoms with Crippen LogP contribution in [0.2, 0.25) is 0 Å². The van der Waals surface area contributed by atoms with E-state index in [1.807, 2.05) is 48.8 Å². The van der Waals surface area contributed by atoms with E-state index in [1.165, 1.54) is 0 Å². The van der Waals surface area contributed by atoms with Crippen LogP contribution in [0, 0.1) is 12.3 Å². The second kappa shape index (κ2) is 8.93. The lowest BCUT2D eigenvalue weighted by atomic mass is 10.3. The fraction of sp³-hybridized carbons (Fsp3) is 0.333. The van der Waals surface area contributed by atoms with Gasteiger partial charge in [0.2, 0.25) is 0 Å². The molecule has 0 unspecified atom stereocenters. The molecule has 0 spiro atoms. The van der Waals surface area contributed by atoms with Gasteiger partial charge in [0.1, 0.15) is 0 Å². The van der Waals surface area contributed by atoms with Crippen molar-refractivity contribution < 1.29 is 0 Å². The molecule has 4 heteroatoms. The molecule has 0 atom stereocenters. The van der Waals surface area contributed by atoms with Crippen molar-refractivity contribution in [1.29, 1.82) is 0 Å². The van der Waals surface area contributed by atoms with E-state index in [2.05, 4.69) is 32.7 Å². The first-order chi connectivity index (χ1) is 10.8. The second-order valence-electron chi connectivity index (χ2n) is 5.29. The summed E-state index contributed by atoms with van der Waals surface area (Å²) in [7, 11) is 2.10. The van der Waals surface area contributed by atoms with E-state index in [1.54, 1.807) is 0 Å². The van der Waals surface area contributed by atoms with Crippen molar-refractivity contribution in [3.8, 4) is 12.3 Å². The summed E-state index contributed by atoms with van der Waals surface area (Å²) in [4.78, 5) is 13.2. The van der Waals surface area contributed by atoms with E-state index in [9.17, 15) is 0 Å². The molecule has 0 aliphatic heterocycles. The Morgan fingerprint density at radius 2 is 1.59 bits per heavy atom. The molecule has 0 amide bonds. The summed E-state index contributed by atoms with van der Waals surface area (Å²) < 4.78 is 0. The van der Waals surface area contributed by atoms with E-state index in [-0.39, 0.29) is 0 Å². The first kappa shape index (κ1) is 16.2. The van der Waals surface area contributed by atoms with Crippen LogP contribution in [0.3, 0.4) is 0 Å². The molecule has 4 nitrogen and oxygen atoms in total. The van der Waals surface area contributed by atoms with Gasteiger partial charge in [0.05, 0.1) is 17.9 Å². The molecular formula is C18H22N4. The number of nitrogens with zero attached hydrogens (tertiary/aromatic N) is 4. The average molecular weight is 294 g/mol. The zero-order valence-electron chi connectivity index (χ0n) is 13.0. The van der Waals surface area contributed by atoms with E-state index in [0.717, 1.165) is 37.6 Å². The summed E-state index contributed by atoms with van der Waals surface area (Å²) in [6.07, 6.45) is 9.12. The van der Waals surface area contributed by atoms with Crippen LogP contribution in [-0.4, -0.2) is 46.4 Å². The van der Waals surface area contributed by atoms with Crippen LogP contribution in [0.25, 0.3) is 0 Å². The molecule has 0 aliphatic carbocycles. The van der Waals surface area contributed by atoms with Gasteiger partial charge >= 0.3 is 0 Å². The van der Waals surface area contributed by atoms with Gasteiger partial charge < -0.3 is 0 Å². The summed E-state index contributed by atoms with van der Waals surface area (Å²) in [6, 6.07) is 12.0. The number of rotatable bonds is 8. The Labute approximate surface area is 132 Å². The van der Waals surface area contributed by atoms with Crippen LogP contribution in [0.15, 0.2) is 48.8 Å². The molecule has 2 heterocycles. The minimum absolute atomic E-state index is 0.633. The molecule has 0 aromatic carbocycles. The van der Waals surface area contributed by atoms with Crippen LogP contribution in [0.1, 0.15) is 11.4 Å². The molecule has 0 bridgehead atoms. The first-order valence-electron chi connectivity index (χ1n) is 7.42. The van der Waals surface area contributed by atoms with Crippen LogP contribution in [0.4, 0.5) is 0 Å². The van der Waals surface area contributed by atoms with Gasteiger partial charge in [0, 0.05) is 38.6 Å². The molecule has 0 saturated heterocycles. The predicted octanol–water partition coefficient (Wildman–Crippen LogP) is 2.04. The Balaban J connectivity index is 1.82. The first-order valence-corrected chi connectivity index (χ1v) is 7.42. The molecule has 0 N–H and O–H groups in total. The smallest absolute Gasteiger partial charge is 0.0602 e. The maximum absolute atomic E-state index is 5.48. The van der Waals surface area contributed by atoms with Gasteiger partial charge in [-0.1, -0.05) is 18.1 Å². The number of aromatic nitrogens is 2. The molecule has 0 aliphatic rings.